The predicted octanol–water partition coefficient (Wildman–Crippen LogP) is 4.15. The summed E-state index contributed by atoms with van der Waals surface area (Å²) in [7, 11) is 0. The lowest BCUT2D eigenvalue weighted by atomic mass is 9.97. The first-order chi connectivity index (χ1) is 11.2. The Kier molecular flexibility index (Phi) is 6.64. The van der Waals surface area contributed by atoms with Crippen LogP contribution in [0.1, 0.15) is 18.4 Å². The van der Waals surface area contributed by atoms with Crippen LogP contribution in [-0.2, 0) is 11.3 Å². The number of carbonyl (C=O) groups is 1. The van der Waals surface area contributed by atoms with Crippen LogP contribution in [0.25, 0.3) is 0 Å². The van der Waals surface area contributed by atoms with Gasteiger partial charge in [0.1, 0.15) is 0 Å². The highest BCUT2D eigenvalue weighted by molar-refractivity contribution is 5.85. The van der Waals surface area contributed by atoms with Crippen LogP contribution >= 0.6 is 12.4 Å². The highest BCUT2D eigenvalue weighted by Gasteiger charge is 2.24. The van der Waals surface area contributed by atoms with Crippen LogP contribution in [0.3, 0.4) is 0 Å². The second-order valence-electron chi connectivity index (χ2n) is 6.08. The molecule has 5 heteroatoms. The van der Waals surface area contributed by atoms with Gasteiger partial charge in [0.15, 0.2) is 0 Å². The number of halogens is 1. The molecule has 2 aromatic rings. The molecule has 0 aromatic heterocycles. The molecule has 24 heavy (non-hydrogen) atoms. The van der Waals surface area contributed by atoms with Crippen molar-refractivity contribution in [3.63, 3.8) is 0 Å². The summed E-state index contributed by atoms with van der Waals surface area (Å²) in [5.74, 6) is -0.815. The zero-order valence-electron chi connectivity index (χ0n) is 13.5. The van der Waals surface area contributed by atoms with Gasteiger partial charge in [0.2, 0.25) is 0 Å². The summed E-state index contributed by atoms with van der Waals surface area (Å²) >= 11 is 0. The number of rotatable bonds is 5. The van der Waals surface area contributed by atoms with E-state index in [1.54, 1.807) is 0 Å². The first-order valence-electron chi connectivity index (χ1n) is 8.07. The molecule has 1 fully saturated rings. The van der Waals surface area contributed by atoms with Crippen molar-refractivity contribution in [2.24, 2.45) is 5.92 Å². The third-order valence-electron chi connectivity index (χ3n) is 4.36. The molecule has 0 saturated carbocycles. The molecule has 0 radical (unpaired) electrons. The Labute approximate surface area is 148 Å². The Hall–Kier alpha value is -2.04. The van der Waals surface area contributed by atoms with Gasteiger partial charge in [-0.2, -0.15) is 0 Å². The summed E-state index contributed by atoms with van der Waals surface area (Å²) < 4.78 is 0. The average Bonchev–Trinajstić information content (AvgIpc) is 2.58. The minimum atomic E-state index is -0.652. The smallest absolute Gasteiger partial charge is 0.306 e. The van der Waals surface area contributed by atoms with Gasteiger partial charge in [-0.25, -0.2) is 0 Å². The number of carboxylic acid groups (broad SMARTS) is 1. The first-order valence-corrected chi connectivity index (χ1v) is 8.07. The number of likely N-dealkylation sites (tertiary alicyclic amines) is 1. The van der Waals surface area contributed by atoms with Crippen molar-refractivity contribution in [3.8, 4) is 0 Å². The van der Waals surface area contributed by atoms with Gasteiger partial charge in [-0.1, -0.05) is 30.3 Å². The molecule has 2 N–H and O–H groups in total. The standard InChI is InChI=1S/C19H22N2O2.ClH/c22-19(23)16-10-12-21(13-11-16)14-15-6-8-18(9-7-15)20-17-4-2-1-3-5-17;/h1-9,16,20H,10-14H2,(H,22,23);1H. The number of piperidine rings is 1. The lowest BCUT2D eigenvalue weighted by Gasteiger charge is -2.30. The second kappa shape index (κ2) is 8.71. The molecule has 1 saturated heterocycles. The van der Waals surface area contributed by atoms with Crippen molar-refractivity contribution < 1.29 is 9.90 Å². The van der Waals surface area contributed by atoms with Gasteiger partial charge in [0.05, 0.1) is 5.92 Å². The Morgan fingerprint density at radius 3 is 2.17 bits per heavy atom. The molecule has 0 bridgehead atoms. The Bertz CT molecular complexity index is 638. The Morgan fingerprint density at radius 2 is 1.58 bits per heavy atom. The van der Waals surface area contributed by atoms with Crippen molar-refractivity contribution in [2.75, 3.05) is 18.4 Å². The molecule has 1 aliphatic heterocycles. The van der Waals surface area contributed by atoms with Crippen LogP contribution < -0.4 is 5.32 Å². The molecular weight excluding hydrogens is 324 g/mol. The SMILES string of the molecule is Cl.O=C(O)C1CCN(Cc2ccc(Nc3ccccc3)cc2)CC1. The third kappa shape index (κ3) is 4.98. The molecule has 0 atom stereocenters. The average molecular weight is 347 g/mol. The van der Waals surface area contributed by atoms with Crippen LogP contribution in [0.5, 0.6) is 0 Å². The number of anilines is 2. The molecule has 0 amide bonds. The van der Waals surface area contributed by atoms with Crippen molar-refractivity contribution >= 4 is 29.8 Å². The molecule has 128 valence electrons. The quantitative estimate of drug-likeness (QED) is 0.854. The number of hydrogen-bond acceptors (Lipinski definition) is 3. The zero-order chi connectivity index (χ0) is 16.1. The fourth-order valence-corrected chi connectivity index (χ4v) is 2.98. The van der Waals surface area contributed by atoms with Crippen LogP contribution in [0, 0.1) is 5.92 Å². The van der Waals surface area contributed by atoms with Crippen molar-refractivity contribution in [2.45, 2.75) is 19.4 Å². The van der Waals surface area contributed by atoms with Gasteiger partial charge in [-0.3, -0.25) is 9.69 Å². The van der Waals surface area contributed by atoms with Crippen molar-refractivity contribution in [1.82, 2.24) is 4.90 Å². The molecule has 0 unspecified atom stereocenters. The topological polar surface area (TPSA) is 52.6 Å². The third-order valence-corrected chi connectivity index (χ3v) is 4.36. The normalized spacial score (nSPS) is 15.5. The summed E-state index contributed by atoms with van der Waals surface area (Å²) in [6.07, 6.45) is 1.51. The van der Waals surface area contributed by atoms with Crippen molar-refractivity contribution in [1.29, 1.82) is 0 Å². The molecule has 0 aliphatic carbocycles. The fraction of sp³-hybridized carbons (Fsp3) is 0.316. The monoisotopic (exact) mass is 346 g/mol. The van der Waals surface area contributed by atoms with Gasteiger partial charge in [0, 0.05) is 17.9 Å². The van der Waals surface area contributed by atoms with E-state index in [1.165, 1.54) is 5.56 Å². The number of nitrogens with one attached hydrogen (secondary N) is 1. The molecule has 1 heterocycles. The maximum Gasteiger partial charge on any atom is 0.306 e. The number of hydrogen-bond donors (Lipinski definition) is 2. The molecule has 4 nitrogen and oxygen atoms in total. The largest absolute Gasteiger partial charge is 0.481 e. The predicted molar refractivity (Wildman–Crippen MR) is 99.1 cm³/mol. The minimum absolute atomic E-state index is 0. The number of para-hydroxylation sites is 1. The fourth-order valence-electron chi connectivity index (χ4n) is 2.98. The van der Waals surface area contributed by atoms with Gasteiger partial charge >= 0.3 is 5.97 Å². The maximum atomic E-state index is 11.0. The van der Waals surface area contributed by atoms with E-state index < -0.39 is 5.97 Å². The van der Waals surface area contributed by atoms with Gasteiger partial charge < -0.3 is 10.4 Å². The van der Waals surface area contributed by atoms with Gasteiger partial charge in [-0.05, 0) is 55.8 Å². The van der Waals surface area contributed by atoms with Crippen LogP contribution in [-0.4, -0.2) is 29.1 Å². The maximum absolute atomic E-state index is 11.0. The van der Waals surface area contributed by atoms with E-state index in [-0.39, 0.29) is 18.3 Å². The van der Waals surface area contributed by atoms with Crippen LogP contribution in [0.15, 0.2) is 54.6 Å². The van der Waals surface area contributed by atoms with E-state index in [0.717, 1.165) is 43.9 Å². The van der Waals surface area contributed by atoms with E-state index in [1.807, 2.05) is 30.3 Å². The highest BCUT2D eigenvalue weighted by Crippen LogP contribution is 2.21. The van der Waals surface area contributed by atoms with Gasteiger partial charge in [0.25, 0.3) is 0 Å². The number of carboxylic acids is 1. The van der Waals surface area contributed by atoms with Crippen molar-refractivity contribution in [3.05, 3.63) is 60.2 Å². The summed E-state index contributed by atoms with van der Waals surface area (Å²) in [5.41, 5.74) is 3.41. The minimum Gasteiger partial charge on any atom is -0.481 e. The van der Waals surface area contributed by atoms with Gasteiger partial charge in [-0.15, -0.1) is 12.4 Å². The van der Waals surface area contributed by atoms with E-state index in [4.69, 9.17) is 5.11 Å². The number of nitrogens with zero attached hydrogens (tertiary/aromatic N) is 1. The second-order valence-corrected chi connectivity index (χ2v) is 6.08. The summed E-state index contributed by atoms with van der Waals surface area (Å²) in [5, 5.41) is 12.4. The molecule has 1 aliphatic rings. The summed E-state index contributed by atoms with van der Waals surface area (Å²) in [4.78, 5) is 13.3. The molecule has 0 spiro atoms. The van der Waals surface area contributed by atoms with E-state index in [9.17, 15) is 4.79 Å². The highest BCUT2D eigenvalue weighted by atomic mass is 35.5. The van der Waals surface area contributed by atoms with E-state index in [2.05, 4.69) is 34.5 Å². The Balaban J connectivity index is 0.00000208. The van der Waals surface area contributed by atoms with E-state index >= 15 is 0 Å². The van der Waals surface area contributed by atoms with E-state index in [0.29, 0.717) is 0 Å². The number of aliphatic carboxylic acids is 1. The molecule has 3 rings (SSSR count). The molecular formula is C19H23ClN2O2. The Morgan fingerprint density at radius 1 is 1.00 bits per heavy atom. The summed E-state index contributed by atoms with van der Waals surface area (Å²) in [6.45, 7) is 2.61. The zero-order valence-corrected chi connectivity index (χ0v) is 14.3. The number of benzene rings is 2. The molecule has 2 aromatic carbocycles. The lowest BCUT2D eigenvalue weighted by Crippen LogP contribution is -2.35. The van der Waals surface area contributed by atoms with Crippen LogP contribution in [0.2, 0.25) is 0 Å². The lowest BCUT2D eigenvalue weighted by molar-refractivity contribution is -0.143. The van der Waals surface area contributed by atoms with Crippen LogP contribution in [0.4, 0.5) is 11.4 Å². The summed E-state index contributed by atoms with van der Waals surface area (Å²) in [6, 6.07) is 18.6. The first kappa shape index (κ1) is 18.3.